The minimum Gasteiger partial charge on any atom is -0.476 e. The zero-order valence-electron chi connectivity index (χ0n) is 10.9. The van der Waals surface area contributed by atoms with Crippen molar-refractivity contribution in [3.05, 3.63) is 45.3 Å². The van der Waals surface area contributed by atoms with E-state index in [4.69, 9.17) is 23.2 Å². The predicted octanol–water partition coefficient (Wildman–Crippen LogP) is 4.02. The molecule has 0 saturated carbocycles. The third kappa shape index (κ3) is 2.62. The first-order valence-corrected chi connectivity index (χ1v) is 6.76. The van der Waals surface area contributed by atoms with Crippen molar-refractivity contribution in [2.45, 2.75) is 20.3 Å². The van der Waals surface area contributed by atoms with Crippen molar-refractivity contribution in [2.75, 3.05) is 0 Å². The second-order valence-electron chi connectivity index (χ2n) is 4.21. The molecule has 0 atom stereocenters. The van der Waals surface area contributed by atoms with Gasteiger partial charge in [0.15, 0.2) is 5.69 Å². The largest absolute Gasteiger partial charge is 0.476 e. The fraction of sp³-hybridized carbons (Fsp3) is 0.214. The van der Waals surface area contributed by atoms with Crippen molar-refractivity contribution in [1.82, 2.24) is 9.97 Å². The first-order valence-electron chi connectivity index (χ1n) is 6.00. The van der Waals surface area contributed by atoms with Gasteiger partial charge in [-0.2, -0.15) is 0 Å². The summed E-state index contributed by atoms with van der Waals surface area (Å²) in [7, 11) is 0. The molecule has 1 N–H and O–H groups in total. The summed E-state index contributed by atoms with van der Waals surface area (Å²) in [6.45, 7) is 3.60. The Hall–Kier alpha value is -1.65. The molecule has 0 aliphatic carbocycles. The Balaban J connectivity index is 2.71. The molecule has 0 aliphatic rings. The molecule has 104 valence electrons. The summed E-state index contributed by atoms with van der Waals surface area (Å²) in [5.41, 5.74) is 2.04. The van der Waals surface area contributed by atoms with E-state index in [1.165, 1.54) is 0 Å². The number of benzene rings is 1. The Kier molecular flexibility index (Phi) is 4.26. The van der Waals surface area contributed by atoms with E-state index in [9.17, 15) is 9.90 Å². The molecule has 1 heterocycles. The highest BCUT2D eigenvalue weighted by Crippen LogP contribution is 2.33. The van der Waals surface area contributed by atoms with Crippen LogP contribution in [0.5, 0.6) is 0 Å². The molecule has 0 bridgehead atoms. The van der Waals surface area contributed by atoms with Crippen LogP contribution in [0.15, 0.2) is 18.2 Å². The smallest absolute Gasteiger partial charge is 0.356 e. The van der Waals surface area contributed by atoms with Gasteiger partial charge in [-0.25, -0.2) is 9.78 Å². The van der Waals surface area contributed by atoms with Gasteiger partial charge in [-0.3, -0.25) is 4.98 Å². The quantitative estimate of drug-likeness (QED) is 0.930. The highest BCUT2D eigenvalue weighted by atomic mass is 35.5. The van der Waals surface area contributed by atoms with E-state index >= 15 is 0 Å². The number of nitrogens with zero attached hydrogens (tertiary/aromatic N) is 2. The molecule has 1 aromatic heterocycles. The Morgan fingerprint density at radius 2 is 2.00 bits per heavy atom. The maximum atomic E-state index is 11.3. The van der Waals surface area contributed by atoms with Crippen LogP contribution in [0.25, 0.3) is 11.3 Å². The number of carboxylic acids is 1. The van der Waals surface area contributed by atoms with Crippen molar-refractivity contribution in [1.29, 1.82) is 0 Å². The number of hydrogen-bond donors (Lipinski definition) is 1. The maximum absolute atomic E-state index is 11.3. The summed E-state index contributed by atoms with van der Waals surface area (Å²) in [5, 5.41) is 9.95. The van der Waals surface area contributed by atoms with E-state index < -0.39 is 5.97 Å². The minimum atomic E-state index is -1.10. The standard InChI is InChI=1S/C14H12Cl2N2O2/c1-3-10-13(14(19)20)18-12(7(2)17-10)8-5-4-6-9(15)11(8)16/h4-6H,3H2,1-2H3,(H,19,20). The van der Waals surface area contributed by atoms with Gasteiger partial charge in [-0.15, -0.1) is 0 Å². The number of aromatic carboxylic acids is 1. The molecule has 0 saturated heterocycles. The lowest BCUT2D eigenvalue weighted by molar-refractivity contribution is 0.0688. The summed E-state index contributed by atoms with van der Waals surface area (Å²) in [6.07, 6.45) is 0.499. The second kappa shape index (κ2) is 5.77. The van der Waals surface area contributed by atoms with Gasteiger partial charge in [-0.1, -0.05) is 42.3 Å². The molecule has 2 aromatic rings. The van der Waals surface area contributed by atoms with Crippen LogP contribution in [0.1, 0.15) is 28.8 Å². The molecule has 0 unspecified atom stereocenters. The molecule has 0 fully saturated rings. The van der Waals surface area contributed by atoms with Crippen LogP contribution < -0.4 is 0 Å². The van der Waals surface area contributed by atoms with Crippen molar-refractivity contribution in [2.24, 2.45) is 0 Å². The van der Waals surface area contributed by atoms with E-state index in [0.717, 1.165) is 0 Å². The van der Waals surface area contributed by atoms with Gasteiger partial charge in [0.05, 0.1) is 27.1 Å². The molecular formula is C14H12Cl2N2O2. The lowest BCUT2D eigenvalue weighted by Gasteiger charge is -2.11. The maximum Gasteiger partial charge on any atom is 0.356 e. The SMILES string of the molecule is CCc1nc(C)c(-c2cccc(Cl)c2Cl)nc1C(=O)O. The lowest BCUT2D eigenvalue weighted by Crippen LogP contribution is -2.10. The van der Waals surface area contributed by atoms with E-state index in [-0.39, 0.29) is 5.69 Å². The molecule has 1 aromatic carbocycles. The number of aryl methyl sites for hydroxylation is 2. The van der Waals surface area contributed by atoms with Gasteiger partial charge in [-0.05, 0) is 19.4 Å². The van der Waals surface area contributed by atoms with E-state index in [2.05, 4.69) is 9.97 Å². The average Bonchev–Trinajstić information content (AvgIpc) is 2.41. The predicted molar refractivity (Wildman–Crippen MR) is 78.6 cm³/mol. The van der Waals surface area contributed by atoms with E-state index in [1.807, 2.05) is 6.92 Å². The highest BCUT2D eigenvalue weighted by molar-refractivity contribution is 6.43. The second-order valence-corrected chi connectivity index (χ2v) is 5.00. The molecule has 0 radical (unpaired) electrons. The number of rotatable bonds is 3. The third-order valence-electron chi connectivity index (χ3n) is 2.89. The number of hydrogen-bond acceptors (Lipinski definition) is 3. The van der Waals surface area contributed by atoms with Crippen LogP contribution in [-0.4, -0.2) is 21.0 Å². The molecule has 2 rings (SSSR count). The molecule has 6 heteroatoms. The summed E-state index contributed by atoms with van der Waals surface area (Å²) in [6, 6.07) is 5.13. The van der Waals surface area contributed by atoms with E-state index in [1.54, 1.807) is 25.1 Å². The van der Waals surface area contributed by atoms with Crippen LogP contribution in [-0.2, 0) is 6.42 Å². The van der Waals surface area contributed by atoms with Crippen LogP contribution >= 0.6 is 23.2 Å². The van der Waals surface area contributed by atoms with Gasteiger partial charge >= 0.3 is 5.97 Å². The first-order chi connectivity index (χ1) is 9.45. The van der Waals surface area contributed by atoms with E-state index in [0.29, 0.717) is 39.1 Å². The minimum absolute atomic E-state index is 0.0517. The Bertz CT molecular complexity index is 687. The summed E-state index contributed by atoms with van der Waals surface area (Å²) >= 11 is 12.1. The van der Waals surface area contributed by atoms with Crippen molar-refractivity contribution in [3.8, 4) is 11.3 Å². The number of halogens is 2. The van der Waals surface area contributed by atoms with Crippen molar-refractivity contribution in [3.63, 3.8) is 0 Å². The molecule has 20 heavy (non-hydrogen) atoms. The highest BCUT2D eigenvalue weighted by Gasteiger charge is 2.18. The summed E-state index contributed by atoms with van der Waals surface area (Å²) in [4.78, 5) is 19.8. The third-order valence-corrected chi connectivity index (χ3v) is 3.71. The zero-order chi connectivity index (χ0) is 14.9. The van der Waals surface area contributed by atoms with Gasteiger partial charge in [0.1, 0.15) is 0 Å². The fourth-order valence-corrected chi connectivity index (χ4v) is 2.32. The van der Waals surface area contributed by atoms with Crippen LogP contribution in [0.2, 0.25) is 10.0 Å². The van der Waals surface area contributed by atoms with Crippen molar-refractivity contribution < 1.29 is 9.90 Å². The normalized spacial score (nSPS) is 10.6. The van der Waals surface area contributed by atoms with Gasteiger partial charge in [0.2, 0.25) is 0 Å². The number of carboxylic acid groups (broad SMARTS) is 1. The number of aromatic nitrogens is 2. The molecular weight excluding hydrogens is 299 g/mol. The van der Waals surface area contributed by atoms with Gasteiger partial charge in [0, 0.05) is 5.56 Å². The van der Waals surface area contributed by atoms with Crippen LogP contribution in [0.3, 0.4) is 0 Å². The van der Waals surface area contributed by atoms with Crippen molar-refractivity contribution >= 4 is 29.2 Å². The Morgan fingerprint density at radius 1 is 1.30 bits per heavy atom. The Morgan fingerprint density at radius 3 is 2.60 bits per heavy atom. The first kappa shape index (κ1) is 14.8. The number of carbonyl (C=O) groups is 1. The molecule has 0 amide bonds. The molecule has 4 nitrogen and oxygen atoms in total. The van der Waals surface area contributed by atoms with Crippen LogP contribution in [0, 0.1) is 6.92 Å². The summed E-state index contributed by atoms with van der Waals surface area (Å²) in [5.74, 6) is -1.10. The average molecular weight is 311 g/mol. The topological polar surface area (TPSA) is 63.1 Å². The zero-order valence-corrected chi connectivity index (χ0v) is 12.5. The van der Waals surface area contributed by atoms with Gasteiger partial charge < -0.3 is 5.11 Å². The molecule has 0 aliphatic heterocycles. The Labute approximate surface area is 126 Å². The van der Waals surface area contributed by atoms with Crippen LogP contribution in [0.4, 0.5) is 0 Å². The van der Waals surface area contributed by atoms with Gasteiger partial charge in [0.25, 0.3) is 0 Å². The lowest BCUT2D eigenvalue weighted by atomic mass is 10.1. The summed E-state index contributed by atoms with van der Waals surface area (Å²) < 4.78 is 0. The monoisotopic (exact) mass is 310 g/mol. The molecule has 0 spiro atoms. The fourth-order valence-electron chi connectivity index (χ4n) is 1.93.